The van der Waals surface area contributed by atoms with Crippen molar-refractivity contribution in [1.82, 2.24) is 9.80 Å². The van der Waals surface area contributed by atoms with Gasteiger partial charge >= 0.3 is 0 Å². The van der Waals surface area contributed by atoms with E-state index in [4.69, 9.17) is 0 Å². The standard InChI is InChI=1S/C22H27N3O/c1-18-6-2-3-8-20(18)16-23-12-14-24(15-13-23)17-22(26)25-11-10-19-7-4-5-9-21(19)25/h2-9H,10-17H2,1H3. The summed E-state index contributed by atoms with van der Waals surface area (Å²) in [6.45, 7) is 8.53. The number of carbonyl (C=O) groups excluding carboxylic acids is 1. The van der Waals surface area contributed by atoms with Gasteiger partial charge in [-0.3, -0.25) is 14.6 Å². The van der Waals surface area contributed by atoms with Crippen molar-refractivity contribution in [3.63, 3.8) is 0 Å². The van der Waals surface area contributed by atoms with E-state index in [-0.39, 0.29) is 5.91 Å². The lowest BCUT2D eigenvalue weighted by molar-refractivity contribution is -0.120. The number of benzene rings is 2. The Bertz CT molecular complexity index is 780. The lowest BCUT2D eigenvalue weighted by Crippen LogP contribution is -2.49. The van der Waals surface area contributed by atoms with Crippen molar-refractivity contribution >= 4 is 11.6 Å². The molecule has 0 bridgehead atoms. The first kappa shape index (κ1) is 17.3. The Morgan fingerprint density at radius 2 is 1.58 bits per heavy atom. The van der Waals surface area contributed by atoms with Crippen molar-refractivity contribution in [3.8, 4) is 0 Å². The highest BCUT2D eigenvalue weighted by molar-refractivity contribution is 5.96. The number of anilines is 1. The SMILES string of the molecule is Cc1ccccc1CN1CCN(CC(=O)N2CCc3ccccc32)CC1. The Labute approximate surface area is 156 Å². The predicted molar refractivity (Wildman–Crippen MR) is 105 cm³/mol. The van der Waals surface area contributed by atoms with Gasteiger partial charge in [0.25, 0.3) is 0 Å². The first-order valence-corrected chi connectivity index (χ1v) is 9.58. The number of carbonyl (C=O) groups is 1. The summed E-state index contributed by atoms with van der Waals surface area (Å²) >= 11 is 0. The molecule has 0 radical (unpaired) electrons. The minimum Gasteiger partial charge on any atom is -0.311 e. The quantitative estimate of drug-likeness (QED) is 0.849. The van der Waals surface area contributed by atoms with Crippen LogP contribution >= 0.6 is 0 Å². The van der Waals surface area contributed by atoms with Crippen LogP contribution in [-0.4, -0.2) is 55.0 Å². The summed E-state index contributed by atoms with van der Waals surface area (Å²) in [4.78, 5) is 19.5. The largest absolute Gasteiger partial charge is 0.311 e. The van der Waals surface area contributed by atoms with Crippen LogP contribution < -0.4 is 4.90 Å². The average Bonchev–Trinajstić information content (AvgIpc) is 3.09. The Hall–Kier alpha value is -2.17. The molecule has 1 amide bonds. The van der Waals surface area contributed by atoms with Gasteiger partial charge in [-0.05, 0) is 36.1 Å². The highest BCUT2D eigenvalue weighted by atomic mass is 16.2. The Morgan fingerprint density at radius 3 is 2.38 bits per heavy atom. The van der Waals surface area contributed by atoms with E-state index in [0.717, 1.165) is 51.4 Å². The minimum atomic E-state index is 0.238. The number of fused-ring (bicyclic) bond motifs is 1. The minimum absolute atomic E-state index is 0.238. The van der Waals surface area contributed by atoms with E-state index in [2.05, 4.69) is 59.2 Å². The second kappa shape index (κ2) is 7.60. The van der Waals surface area contributed by atoms with Crippen molar-refractivity contribution in [3.05, 3.63) is 65.2 Å². The molecule has 0 N–H and O–H groups in total. The van der Waals surface area contributed by atoms with E-state index in [9.17, 15) is 4.79 Å². The predicted octanol–water partition coefficient (Wildman–Crippen LogP) is 2.70. The van der Waals surface area contributed by atoms with Crippen LogP contribution in [0.3, 0.4) is 0 Å². The molecule has 0 atom stereocenters. The van der Waals surface area contributed by atoms with E-state index in [1.807, 2.05) is 11.0 Å². The van der Waals surface area contributed by atoms with Crippen molar-refractivity contribution in [2.24, 2.45) is 0 Å². The Morgan fingerprint density at radius 1 is 0.885 bits per heavy atom. The van der Waals surface area contributed by atoms with Crippen LogP contribution in [0.15, 0.2) is 48.5 Å². The van der Waals surface area contributed by atoms with Crippen LogP contribution in [0.2, 0.25) is 0 Å². The third kappa shape index (κ3) is 3.67. The molecule has 2 heterocycles. The summed E-state index contributed by atoms with van der Waals surface area (Å²) < 4.78 is 0. The van der Waals surface area contributed by atoms with Crippen molar-refractivity contribution in [1.29, 1.82) is 0 Å². The third-order valence-corrected chi connectivity index (χ3v) is 5.67. The summed E-state index contributed by atoms with van der Waals surface area (Å²) in [5.74, 6) is 0.238. The number of piperazine rings is 1. The lowest BCUT2D eigenvalue weighted by Gasteiger charge is -2.35. The van der Waals surface area contributed by atoms with Gasteiger partial charge in [-0.1, -0.05) is 42.5 Å². The second-order valence-electron chi connectivity index (χ2n) is 7.40. The highest BCUT2D eigenvalue weighted by Crippen LogP contribution is 2.27. The molecule has 4 heteroatoms. The van der Waals surface area contributed by atoms with Crippen LogP contribution in [0, 0.1) is 6.92 Å². The van der Waals surface area contributed by atoms with E-state index in [1.165, 1.54) is 16.7 Å². The zero-order valence-corrected chi connectivity index (χ0v) is 15.5. The summed E-state index contributed by atoms with van der Waals surface area (Å²) in [5.41, 5.74) is 5.17. The molecule has 0 aliphatic carbocycles. The maximum atomic E-state index is 12.8. The van der Waals surface area contributed by atoms with Gasteiger partial charge in [0.2, 0.25) is 5.91 Å². The topological polar surface area (TPSA) is 26.8 Å². The van der Waals surface area contributed by atoms with E-state index in [1.54, 1.807) is 0 Å². The normalized spacial score (nSPS) is 18.1. The molecule has 2 aromatic rings. The molecule has 4 rings (SSSR count). The maximum absolute atomic E-state index is 12.8. The molecular formula is C22H27N3O. The first-order valence-electron chi connectivity index (χ1n) is 9.58. The van der Waals surface area contributed by atoms with Gasteiger partial charge in [-0.25, -0.2) is 0 Å². The van der Waals surface area contributed by atoms with Gasteiger partial charge in [0.05, 0.1) is 6.54 Å². The van der Waals surface area contributed by atoms with Gasteiger partial charge in [0, 0.05) is 45.0 Å². The van der Waals surface area contributed by atoms with Gasteiger partial charge in [-0.15, -0.1) is 0 Å². The molecular weight excluding hydrogens is 322 g/mol. The van der Waals surface area contributed by atoms with E-state index >= 15 is 0 Å². The van der Waals surface area contributed by atoms with Crippen molar-refractivity contribution in [2.75, 3.05) is 44.2 Å². The van der Waals surface area contributed by atoms with Crippen molar-refractivity contribution < 1.29 is 4.79 Å². The molecule has 2 aliphatic rings. The molecule has 4 nitrogen and oxygen atoms in total. The fourth-order valence-electron chi connectivity index (χ4n) is 4.01. The Kier molecular flexibility index (Phi) is 5.05. The van der Waals surface area contributed by atoms with Gasteiger partial charge in [0.15, 0.2) is 0 Å². The summed E-state index contributed by atoms with van der Waals surface area (Å²) in [7, 11) is 0. The van der Waals surface area contributed by atoms with Crippen molar-refractivity contribution in [2.45, 2.75) is 19.9 Å². The van der Waals surface area contributed by atoms with E-state index < -0.39 is 0 Å². The molecule has 0 unspecified atom stereocenters. The molecule has 26 heavy (non-hydrogen) atoms. The van der Waals surface area contributed by atoms with Crippen LogP contribution in [0.25, 0.3) is 0 Å². The fraction of sp³-hybridized carbons (Fsp3) is 0.409. The van der Waals surface area contributed by atoms with Crippen LogP contribution in [0.1, 0.15) is 16.7 Å². The van der Waals surface area contributed by atoms with Crippen LogP contribution in [0.5, 0.6) is 0 Å². The number of rotatable bonds is 4. The monoisotopic (exact) mass is 349 g/mol. The smallest absolute Gasteiger partial charge is 0.241 e. The molecule has 136 valence electrons. The molecule has 1 saturated heterocycles. The second-order valence-corrected chi connectivity index (χ2v) is 7.40. The zero-order valence-electron chi connectivity index (χ0n) is 15.5. The first-order chi connectivity index (χ1) is 12.7. The molecule has 2 aliphatic heterocycles. The molecule has 0 aromatic heterocycles. The summed E-state index contributed by atoms with van der Waals surface area (Å²) in [6, 6.07) is 16.9. The zero-order chi connectivity index (χ0) is 17.9. The van der Waals surface area contributed by atoms with Gasteiger partial charge in [0.1, 0.15) is 0 Å². The number of amides is 1. The molecule has 2 aromatic carbocycles. The van der Waals surface area contributed by atoms with Crippen LogP contribution in [-0.2, 0) is 17.8 Å². The number of aryl methyl sites for hydroxylation is 1. The number of hydrogen-bond donors (Lipinski definition) is 0. The van der Waals surface area contributed by atoms with Crippen LogP contribution in [0.4, 0.5) is 5.69 Å². The maximum Gasteiger partial charge on any atom is 0.241 e. The average molecular weight is 349 g/mol. The molecule has 0 spiro atoms. The number of nitrogens with zero attached hydrogens (tertiary/aromatic N) is 3. The number of para-hydroxylation sites is 1. The lowest BCUT2D eigenvalue weighted by atomic mass is 10.1. The fourth-order valence-corrected chi connectivity index (χ4v) is 4.01. The van der Waals surface area contributed by atoms with Gasteiger partial charge < -0.3 is 4.90 Å². The Balaban J connectivity index is 1.29. The summed E-state index contributed by atoms with van der Waals surface area (Å²) in [6.07, 6.45) is 0.978. The molecule has 1 fully saturated rings. The van der Waals surface area contributed by atoms with E-state index in [0.29, 0.717) is 6.54 Å². The summed E-state index contributed by atoms with van der Waals surface area (Å²) in [5, 5.41) is 0. The molecule has 0 saturated carbocycles. The number of hydrogen-bond acceptors (Lipinski definition) is 3. The highest BCUT2D eigenvalue weighted by Gasteiger charge is 2.26. The van der Waals surface area contributed by atoms with Gasteiger partial charge in [-0.2, -0.15) is 0 Å². The third-order valence-electron chi connectivity index (χ3n) is 5.67.